The molecule has 4 aromatic rings. The first-order valence-corrected chi connectivity index (χ1v) is 10.4. The Labute approximate surface area is 215 Å². The van der Waals surface area contributed by atoms with E-state index in [0.29, 0.717) is 17.1 Å². The van der Waals surface area contributed by atoms with Crippen LogP contribution in [0, 0.1) is 0 Å². The minimum absolute atomic E-state index is 0.140. The molecule has 0 spiro atoms. The van der Waals surface area contributed by atoms with Gasteiger partial charge >= 0.3 is 17.9 Å². The predicted molar refractivity (Wildman–Crippen MR) is 139 cm³/mol. The predicted octanol–water partition coefficient (Wildman–Crippen LogP) is 3.03. The number of anilines is 3. The van der Waals surface area contributed by atoms with Gasteiger partial charge in [0.15, 0.2) is 0 Å². The maximum atomic E-state index is 10.3. The lowest BCUT2D eigenvalue weighted by molar-refractivity contribution is 0.0682. The molecule has 4 rings (SSSR count). The summed E-state index contributed by atoms with van der Waals surface area (Å²) < 4.78 is 0. The van der Waals surface area contributed by atoms with E-state index in [0.717, 1.165) is 0 Å². The quantitative estimate of drug-likeness (QED) is 0.173. The number of phenols is 3. The van der Waals surface area contributed by atoms with Gasteiger partial charge < -0.3 is 52.8 Å². The van der Waals surface area contributed by atoms with Gasteiger partial charge in [-0.05, 0) is 48.5 Å². The Morgan fingerprint density at radius 3 is 0.947 bits per heavy atom. The second-order valence-electron chi connectivity index (χ2n) is 7.13. The highest BCUT2D eigenvalue weighted by atomic mass is 16.4. The van der Waals surface area contributed by atoms with E-state index in [1.165, 1.54) is 54.6 Å². The molecule has 1 heterocycles. The second-order valence-corrected chi connectivity index (χ2v) is 7.13. The van der Waals surface area contributed by atoms with E-state index >= 15 is 0 Å². The van der Waals surface area contributed by atoms with Crippen molar-refractivity contribution in [3.63, 3.8) is 0 Å². The first-order valence-electron chi connectivity index (χ1n) is 10.4. The highest BCUT2D eigenvalue weighted by Gasteiger charge is 2.09. The molecule has 13 N–H and O–H groups in total. The van der Waals surface area contributed by atoms with Gasteiger partial charge in [-0.2, -0.15) is 0 Å². The normalized spacial score (nSPS) is 9.26. The number of carbonyl (C=O) groups is 3. The number of nitrogens with two attached hydrogens (primary N) is 3. The summed E-state index contributed by atoms with van der Waals surface area (Å²) in [6.45, 7) is 0. The molecule has 0 bridgehead atoms. The Kier molecular flexibility index (Phi) is 11.5. The Balaban J connectivity index is 0.000000261. The first-order chi connectivity index (χ1) is 17.8. The molecule has 0 aliphatic carbocycles. The van der Waals surface area contributed by atoms with Crippen LogP contribution in [0.1, 0.15) is 31.1 Å². The van der Waals surface area contributed by atoms with Gasteiger partial charge in [-0.15, -0.1) is 0 Å². The zero-order valence-electron chi connectivity index (χ0n) is 19.6. The largest absolute Gasteiger partial charge is 0.507 e. The van der Waals surface area contributed by atoms with Gasteiger partial charge in [0.1, 0.15) is 33.9 Å². The number of nitrogens with one attached hydrogen (secondary N) is 1. The number of nitrogen functional groups attached to an aromatic ring is 3. The molecular weight excluding hydrogens is 500 g/mol. The lowest BCUT2D eigenvalue weighted by Crippen LogP contribution is -1.97. The molecule has 0 aliphatic rings. The Morgan fingerprint density at radius 2 is 0.789 bits per heavy atom. The monoisotopic (exact) mass is 526 g/mol. The molecule has 13 heteroatoms. The van der Waals surface area contributed by atoms with Crippen LogP contribution in [-0.4, -0.2) is 53.5 Å². The number of hydrogen-bond acceptors (Lipinski definition) is 9. The second kappa shape index (κ2) is 14.5. The van der Waals surface area contributed by atoms with Crippen LogP contribution in [0.3, 0.4) is 0 Å². The Hall–Kier alpha value is -5.85. The molecule has 0 saturated heterocycles. The molecule has 0 saturated carbocycles. The third-order valence-corrected chi connectivity index (χ3v) is 4.25. The number of aromatic amines is 1. The summed E-state index contributed by atoms with van der Waals surface area (Å²) in [5.74, 6) is -4.42. The standard InChI is InChI=1S/3C7H7NO3.C4H5N/c3*8-4-1-2-5(7(10)11)6(9)3-4;1-2-4-5-3-1/h3*1-3,9H,8H2,(H,10,11);1-5H. The van der Waals surface area contributed by atoms with Crippen LogP contribution in [0.4, 0.5) is 17.1 Å². The van der Waals surface area contributed by atoms with Crippen LogP contribution in [-0.2, 0) is 0 Å². The van der Waals surface area contributed by atoms with Gasteiger partial charge in [0, 0.05) is 47.7 Å². The first kappa shape index (κ1) is 30.2. The van der Waals surface area contributed by atoms with Gasteiger partial charge in [-0.3, -0.25) is 0 Å². The van der Waals surface area contributed by atoms with Gasteiger partial charge in [-0.1, -0.05) is 0 Å². The lowest BCUT2D eigenvalue weighted by atomic mass is 10.2. The number of rotatable bonds is 3. The van der Waals surface area contributed by atoms with Crippen molar-refractivity contribution in [2.75, 3.05) is 17.2 Å². The van der Waals surface area contributed by atoms with E-state index in [2.05, 4.69) is 4.98 Å². The van der Waals surface area contributed by atoms with Crippen molar-refractivity contribution in [2.24, 2.45) is 0 Å². The number of benzene rings is 3. The van der Waals surface area contributed by atoms with Crippen LogP contribution < -0.4 is 17.2 Å². The summed E-state index contributed by atoms with van der Waals surface area (Å²) in [5.41, 5.74) is 16.4. The number of aromatic hydroxyl groups is 3. The summed E-state index contributed by atoms with van der Waals surface area (Å²) in [5, 5.41) is 52.4. The molecule has 0 aliphatic heterocycles. The highest BCUT2D eigenvalue weighted by Crippen LogP contribution is 2.21. The smallest absolute Gasteiger partial charge is 0.339 e. The van der Waals surface area contributed by atoms with Crippen molar-refractivity contribution in [1.82, 2.24) is 4.98 Å². The topological polar surface area (TPSA) is 266 Å². The van der Waals surface area contributed by atoms with Crippen molar-refractivity contribution in [1.29, 1.82) is 0 Å². The van der Waals surface area contributed by atoms with Crippen LogP contribution in [0.25, 0.3) is 0 Å². The van der Waals surface area contributed by atoms with Gasteiger partial charge in [0.25, 0.3) is 0 Å². The molecule has 13 nitrogen and oxygen atoms in total. The molecule has 200 valence electrons. The number of hydrogen-bond donors (Lipinski definition) is 10. The summed E-state index contributed by atoms with van der Waals surface area (Å²) in [4.78, 5) is 33.9. The van der Waals surface area contributed by atoms with Gasteiger partial charge in [0.05, 0.1) is 0 Å². The molecule has 38 heavy (non-hydrogen) atoms. The van der Waals surface area contributed by atoms with E-state index in [9.17, 15) is 14.4 Å². The molecule has 0 atom stereocenters. The SMILES string of the molecule is Nc1ccc(C(=O)O)c(O)c1.Nc1ccc(C(=O)O)c(O)c1.Nc1ccc(C(=O)O)c(O)c1.c1cc[nH]c1. The van der Waals surface area contributed by atoms with E-state index < -0.39 is 17.9 Å². The zero-order valence-corrected chi connectivity index (χ0v) is 19.6. The zero-order chi connectivity index (χ0) is 28.8. The van der Waals surface area contributed by atoms with Crippen molar-refractivity contribution in [3.05, 3.63) is 95.8 Å². The van der Waals surface area contributed by atoms with Crippen LogP contribution in [0.5, 0.6) is 17.2 Å². The number of aromatic nitrogens is 1. The summed E-state index contributed by atoms with van der Waals surface area (Å²) >= 11 is 0. The van der Waals surface area contributed by atoms with Crippen molar-refractivity contribution >= 4 is 35.0 Å². The maximum absolute atomic E-state index is 10.3. The van der Waals surface area contributed by atoms with Crippen molar-refractivity contribution in [2.45, 2.75) is 0 Å². The van der Waals surface area contributed by atoms with Crippen molar-refractivity contribution < 1.29 is 45.0 Å². The van der Waals surface area contributed by atoms with E-state index in [1.54, 1.807) is 0 Å². The minimum Gasteiger partial charge on any atom is -0.507 e. The molecule has 0 unspecified atom stereocenters. The molecule has 0 radical (unpaired) electrons. The summed E-state index contributed by atoms with van der Waals surface area (Å²) in [6, 6.07) is 15.5. The molecule has 1 aromatic heterocycles. The molecular formula is C25H26N4O9. The average Bonchev–Trinajstić information content (AvgIpc) is 3.39. The fourth-order valence-corrected chi connectivity index (χ4v) is 2.47. The number of carboxylic acids is 3. The molecule has 0 fully saturated rings. The van der Waals surface area contributed by atoms with E-state index in [1.807, 2.05) is 24.5 Å². The number of H-pyrrole nitrogens is 1. The third-order valence-electron chi connectivity index (χ3n) is 4.25. The van der Waals surface area contributed by atoms with Gasteiger partial charge in [-0.25, -0.2) is 14.4 Å². The number of aromatic carboxylic acids is 3. The van der Waals surface area contributed by atoms with Crippen LogP contribution in [0.15, 0.2) is 79.1 Å². The maximum Gasteiger partial charge on any atom is 0.339 e. The summed E-state index contributed by atoms with van der Waals surface area (Å²) in [6.07, 6.45) is 3.75. The summed E-state index contributed by atoms with van der Waals surface area (Å²) in [7, 11) is 0. The van der Waals surface area contributed by atoms with Gasteiger partial charge in [0.2, 0.25) is 0 Å². The average molecular weight is 527 g/mol. The minimum atomic E-state index is -1.16. The molecule has 3 aromatic carbocycles. The fourth-order valence-electron chi connectivity index (χ4n) is 2.47. The number of carboxylic acid groups (broad SMARTS) is 3. The van der Waals surface area contributed by atoms with Crippen molar-refractivity contribution in [3.8, 4) is 17.2 Å². The highest BCUT2D eigenvalue weighted by molar-refractivity contribution is 5.92. The van der Waals surface area contributed by atoms with E-state index in [-0.39, 0.29) is 33.9 Å². The Bertz CT molecular complexity index is 1210. The van der Waals surface area contributed by atoms with E-state index in [4.69, 9.17) is 47.8 Å². The van der Waals surface area contributed by atoms with Crippen LogP contribution >= 0.6 is 0 Å². The third kappa shape index (κ3) is 10.2. The van der Waals surface area contributed by atoms with Crippen LogP contribution in [0.2, 0.25) is 0 Å². The molecule has 0 amide bonds. The fraction of sp³-hybridized carbons (Fsp3) is 0. The Morgan fingerprint density at radius 1 is 0.526 bits per heavy atom. The lowest BCUT2D eigenvalue weighted by Gasteiger charge is -1.98.